The maximum absolute atomic E-state index is 12.9. The van der Waals surface area contributed by atoms with Crippen LogP contribution in [-0.2, 0) is 6.18 Å². The quantitative estimate of drug-likeness (QED) is 0.383. The molecule has 1 N–H and O–H groups in total. The van der Waals surface area contributed by atoms with E-state index in [1.807, 2.05) is 0 Å². The Morgan fingerprint density at radius 2 is 1.94 bits per heavy atom. The molecule has 0 saturated carbocycles. The summed E-state index contributed by atoms with van der Waals surface area (Å²) in [6, 6.07) is 0.397. The summed E-state index contributed by atoms with van der Waals surface area (Å²) in [5, 5.41) is 10.4. The highest BCUT2D eigenvalue weighted by Crippen LogP contribution is 2.37. The second-order valence-corrected chi connectivity index (χ2v) is 2.89. The molecule has 0 fully saturated rings. The molecule has 16 heavy (non-hydrogen) atoms. The topological polar surface area (TPSA) is 55.2 Å². The summed E-state index contributed by atoms with van der Waals surface area (Å²) in [5.41, 5.74) is -3.21. The van der Waals surface area contributed by atoms with Gasteiger partial charge in [0.1, 0.15) is 11.5 Å². The van der Waals surface area contributed by atoms with Gasteiger partial charge in [0, 0.05) is 23.9 Å². The van der Waals surface area contributed by atoms with Crippen molar-refractivity contribution in [3.8, 4) is 0 Å². The summed E-state index contributed by atoms with van der Waals surface area (Å²) in [5.74, 6) is -1.64. The zero-order valence-electron chi connectivity index (χ0n) is 7.31. The maximum Gasteiger partial charge on any atom is 0.419 e. The van der Waals surface area contributed by atoms with Crippen molar-refractivity contribution in [2.45, 2.75) is 6.18 Å². The molecule has 0 aromatic heterocycles. The monoisotopic (exact) mass is 258 g/mol. The Hall–Kier alpha value is -1.57. The van der Waals surface area contributed by atoms with Gasteiger partial charge in [-0.15, -0.1) is 0 Å². The lowest BCUT2D eigenvalue weighted by atomic mass is 10.1. The SMILES string of the molecule is O=[N+]([O-])c1cc(C(F)(F)F)c(F)cc1NCl. The van der Waals surface area contributed by atoms with Gasteiger partial charge in [-0.1, -0.05) is 0 Å². The number of nitrogens with one attached hydrogen (secondary N) is 1. The first kappa shape index (κ1) is 12.5. The van der Waals surface area contributed by atoms with Crippen molar-refractivity contribution in [1.82, 2.24) is 0 Å². The molecule has 0 saturated heterocycles. The molecule has 4 nitrogen and oxygen atoms in total. The first-order valence-corrected chi connectivity index (χ1v) is 4.07. The van der Waals surface area contributed by atoms with Crippen LogP contribution in [0, 0.1) is 15.9 Å². The summed E-state index contributed by atoms with van der Waals surface area (Å²) in [4.78, 5) is 11.0. The summed E-state index contributed by atoms with van der Waals surface area (Å²) in [6.45, 7) is 0. The molecule has 0 bridgehead atoms. The van der Waals surface area contributed by atoms with E-state index in [1.54, 1.807) is 4.84 Å². The zero-order valence-corrected chi connectivity index (χ0v) is 8.06. The standard InChI is InChI=1S/C7H3ClF4N2O2/c8-13-5-2-4(9)3(7(10,11)12)1-6(5)14(15)16/h1-2,13H. The van der Waals surface area contributed by atoms with Crippen LogP contribution in [0.5, 0.6) is 0 Å². The molecule has 0 aliphatic heterocycles. The fourth-order valence-corrected chi connectivity index (χ4v) is 1.16. The Kier molecular flexibility index (Phi) is 3.22. The van der Waals surface area contributed by atoms with Gasteiger partial charge in [0.15, 0.2) is 0 Å². The van der Waals surface area contributed by atoms with Crippen molar-refractivity contribution in [3.05, 3.63) is 33.6 Å². The molecule has 0 radical (unpaired) electrons. The number of rotatable bonds is 2. The first-order chi connectivity index (χ1) is 7.27. The predicted octanol–water partition coefficient (Wildman–Crippen LogP) is 3.32. The highest BCUT2D eigenvalue weighted by Gasteiger charge is 2.36. The van der Waals surface area contributed by atoms with Crippen LogP contribution in [0.2, 0.25) is 0 Å². The second kappa shape index (κ2) is 4.12. The number of anilines is 1. The molecule has 0 atom stereocenters. The molecule has 0 aliphatic carbocycles. The molecule has 0 aliphatic rings. The van der Waals surface area contributed by atoms with Gasteiger partial charge in [-0.05, 0) is 0 Å². The van der Waals surface area contributed by atoms with Gasteiger partial charge in [0.2, 0.25) is 0 Å². The van der Waals surface area contributed by atoms with E-state index in [9.17, 15) is 27.7 Å². The molecule has 0 heterocycles. The molecule has 0 amide bonds. The fourth-order valence-electron chi connectivity index (χ4n) is 1.01. The lowest BCUT2D eigenvalue weighted by Crippen LogP contribution is -2.09. The van der Waals surface area contributed by atoms with Gasteiger partial charge in [-0.2, -0.15) is 13.2 Å². The summed E-state index contributed by atoms with van der Waals surface area (Å²) in [7, 11) is 0. The minimum atomic E-state index is -5.00. The molecule has 0 spiro atoms. The highest BCUT2D eigenvalue weighted by atomic mass is 35.5. The Morgan fingerprint density at radius 1 is 1.38 bits per heavy atom. The normalized spacial score (nSPS) is 11.3. The Bertz CT molecular complexity index is 435. The third kappa shape index (κ3) is 2.32. The van der Waals surface area contributed by atoms with Crippen molar-refractivity contribution >= 4 is 23.2 Å². The van der Waals surface area contributed by atoms with Crippen molar-refractivity contribution < 1.29 is 22.5 Å². The van der Waals surface area contributed by atoms with E-state index in [4.69, 9.17) is 11.8 Å². The van der Waals surface area contributed by atoms with Crippen LogP contribution >= 0.6 is 11.8 Å². The Balaban J connectivity index is 3.45. The Morgan fingerprint density at radius 3 is 2.31 bits per heavy atom. The molecule has 1 aromatic rings. The maximum atomic E-state index is 12.9. The van der Waals surface area contributed by atoms with Gasteiger partial charge in [-0.3, -0.25) is 15.0 Å². The number of benzene rings is 1. The molecule has 1 aromatic carbocycles. The largest absolute Gasteiger partial charge is 0.419 e. The third-order valence-corrected chi connectivity index (χ3v) is 1.89. The lowest BCUT2D eigenvalue weighted by Gasteiger charge is -2.09. The van der Waals surface area contributed by atoms with Gasteiger partial charge >= 0.3 is 6.18 Å². The van der Waals surface area contributed by atoms with E-state index in [0.717, 1.165) is 0 Å². The van der Waals surface area contributed by atoms with E-state index in [2.05, 4.69) is 0 Å². The molecular formula is C7H3ClF4N2O2. The van der Waals surface area contributed by atoms with E-state index in [0.29, 0.717) is 6.07 Å². The van der Waals surface area contributed by atoms with Crippen LogP contribution in [-0.4, -0.2) is 4.92 Å². The number of halogens is 5. The minimum absolute atomic E-state index is 0.0834. The van der Waals surface area contributed by atoms with E-state index in [-0.39, 0.29) is 6.07 Å². The van der Waals surface area contributed by atoms with Crippen LogP contribution in [0.1, 0.15) is 5.56 Å². The average molecular weight is 259 g/mol. The van der Waals surface area contributed by atoms with Crippen LogP contribution in [0.25, 0.3) is 0 Å². The summed E-state index contributed by atoms with van der Waals surface area (Å²) < 4.78 is 49.6. The van der Waals surface area contributed by atoms with Crippen LogP contribution in [0.3, 0.4) is 0 Å². The Labute approximate surface area is 91.1 Å². The summed E-state index contributed by atoms with van der Waals surface area (Å²) >= 11 is 5.01. The number of hydrogen-bond donors (Lipinski definition) is 1. The number of alkyl halides is 3. The number of nitro groups is 1. The van der Waals surface area contributed by atoms with Gasteiger partial charge < -0.3 is 0 Å². The van der Waals surface area contributed by atoms with Crippen LogP contribution < -0.4 is 4.84 Å². The fraction of sp³-hybridized carbons (Fsp3) is 0.143. The van der Waals surface area contributed by atoms with Gasteiger partial charge in [-0.25, -0.2) is 4.39 Å². The van der Waals surface area contributed by atoms with Gasteiger partial charge in [0.05, 0.1) is 10.5 Å². The highest BCUT2D eigenvalue weighted by molar-refractivity contribution is 6.24. The van der Waals surface area contributed by atoms with E-state index >= 15 is 0 Å². The minimum Gasteiger partial charge on any atom is -0.292 e. The molecule has 9 heteroatoms. The number of nitro benzene ring substituents is 1. The average Bonchev–Trinajstić information content (AvgIpc) is 2.14. The second-order valence-electron chi connectivity index (χ2n) is 2.70. The number of hydrogen-bond acceptors (Lipinski definition) is 3. The van der Waals surface area contributed by atoms with Crippen LogP contribution in [0.15, 0.2) is 12.1 Å². The predicted molar refractivity (Wildman–Crippen MR) is 47.5 cm³/mol. The summed E-state index contributed by atoms with van der Waals surface area (Å²) in [6.07, 6.45) is -5.00. The van der Waals surface area contributed by atoms with Crippen molar-refractivity contribution in [2.24, 2.45) is 0 Å². The molecule has 88 valence electrons. The van der Waals surface area contributed by atoms with E-state index in [1.165, 1.54) is 0 Å². The van der Waals surface area contributed by atoms with E-state index < -0.39 is 33.9 Å². The van der Waals surface area contributed by atoms with Crippen molar-refractivity contribution in [1.29, 1.82) is 0 Å². The molecule has 1 rings (SSSR count). The van der Waals surface area contributed by atoms with Crippen molar-refractivity contribution in [3.63, 3.8) is 0 Å². The zero-order chi connectivity index (χ0) is 12.5. The van der Waals surface area contributed by atoms with Crippen LogP contribution in [0.4, 0.5) is 28.9 Å². The first-order valence-electron chi connectivity index (χ1n) is 3.69. The van der Waals surface area contributed by atoms with Gasteiger partial charge in [0.25, 0.3) is 5.69 Å². The smallest absolute Gasteiger partial charge is 0.292 e. The van der Waals surface area contributed by atoms with Crippen molar-refractivity contribution in [2.75, 3.05) is 4.84 Å². The third-order valence-electron chi connectivity index (χ3n) is 1.69. The lowest BCUT2D eigenvalue weighted by molar-refractivity contribution is -0.384. The number of nitrogens with zero attached hydrogens (tertiary/aromatic N) is 1. The molecular weight excluding hydrogens is 256 g/mol. The molecule has 0 unspecified atom stereocenters.